The van der Waals surface area contributed by atoms with Gasteiger partial charge in [0.2, 0.25) is 5.91 Å². The first kappa shape index (κ1) is 14.6. The molecule has 1 saturated carbocycles. The SMILES string of the molecule is CC1CC(C(=O)Nc2c(Cl)ccc3nsnc23)(C(N)=S)C1. The zero-order valence-electron chi connectivity index (χ0n) is 11.2. The zero-order valence-corrected chi connectivity index (χ0v) is 13.6. The molecule has 0 radical (unpaired) electrons. The predicted molar refractivity (Wildman–Crippen MR) is 88.7 cm³/mol. The molecule has 0 saturated heterocycles. The first-order chi connectivity index (χ1) is 9.94. The minimum absolute atomic E-state index is 0.212. The average Bonchev–Trinajstić information content (AvgIpc) is 2.86. The predicted octanol–water partition coefficient (Wildman–Crippen LogP) is 2.99. The van der Waals surface area contributed by atoms with Crippen molar-refractivity contribution in [1.29, 1.82) is 0 Å². The Morgan fingerprint density at radius 1 is 1.52 bits per heavy atom. The third kappa shape index (κ3) is 2.29. The molecule has 1 aliphatic carbocycles. The van der Waals surface area contributed by atoms with Crippen molar-refractivity contribution in [2.75, 3.05) is 5.32 Å². The summed E-state index contributed by atoms with van der Waals surface area (Å²) in [5, 5.41) is 3.27. The molecule has 0 aliphatic heterocycles. The molecular formula is C13H13ClN4OS2. The molecule has 1 amide bonds. The summed E-state index contributed by atoms with van der Waals surface area (Å²) in [6, 6.07) is 3.46. The minimum Gasteiger partial charge on any atom is -0.392 e. The van der Waals surface area contributed by atoms with E-state index < -0.39 is 5.41 Å². The molecule has 8 heteroatoms. The molecule has 1 fully saturated rings. The molecule has 2 aromatic rings. The van der Waals surface area contributed by atoms with E-state index >= 15 is 0 Å². The Hall–Kier alpha value is -1.31. The molecule has 0 atom stereocenters. The van der Waals surface area contributed by atoms with Crippen LogP contribution in [0.25, 0.3) is 11.0 Å². The van der Waals surface area contributed by atoms with E-state index in [-0.39, 0.29) is 10.9 Å². The van der Waals surface area contributed by atoms with Crippen LogP contribution in [0.1, 0.15) is 19.8 Å². The molecular weight excluding hydrogens is 328 g/mol. The van der Waals surface area contributed by atoms with E-state index in [4.69, 9.17) is 29.6 Å². The number of hydrogen-bond acceptors (Lipinski definition) is 5. The molecule has 1 aromatic heterocycles. The molecule has 110 valence electrons. The number of halogens is 1. The fourth-order valence-corrected chi connectivity index (χ4v) is 3.81. The highest BCUT2D eigenvalue weighted by Gasteiger charge is 2.51. The number of nitrogens with zero attached hydrogens (tertiary/aromatic N) is 2. The van der Waals surface area contributed by atoms with Gasteiger partial charge < -0.3 is 11.1 Å². The van der Waals surface area contributed by atoms with Gasteiger partial charge in [-0.25, -0.2) is 0 Å². The Morgan fingerprint density at radius 3 is 2.86 bits per heavy atom. The van der Waals surface area contributed by atoms with Crippen LogP contribution in [0.5, 0.6) is 0 Å². The molecule has 21 heavy (non-hydrogen) atoms. The number of aromatic nitrogens is 2. The van der Waals surface area contributed by atoms with Crippen molar-refractivity contribution in [3.63, 3.8) is 0 Å². The Bertz CT molecular complexity index is 739. The first-order valence-corrected chi connectivity index (χ1v) is 7.98. The van der Waals surface area contributed by atoms with Crippen molar-refractivity contribution < 1.29 is 4.79 Å². The lowest BCUT2D eigenvalue weighted by atomic mass is 9.62. The van der Waals surface area contributed by atoms with Crippen LogP contribution in [-0.4, -0.2) is 19.6 Å². The van der Waals surface area contributed by atoms with Gasteiger partial charge >= 0.3 is 0 Å². The maximum atomic E-state index is 12.6. The van der Waals surface area contributed by atoms with Crippen molar-refractivity contribution in [3.8, 4) is 0 Å². The van der Waals surface area contributed by atoms with Gasteiger partial charge in [0.1, 0.15) is 11.0 Å². The molecule has 1 aliphatic rings. The summed E-state index contributed by atoms with van der Waals surface area (Å²) in [5.74, 6) is 0.222. The van der Waals surface area contributed by atoms with E-state index in [2.05, 4.69) is 21.0 Å². The van der Waals surface area contributed by atoms with Crippen LogP contribution in [0.2, 0.25) is 5.02 Å². The lowest BCUT2D eigenvalue weighted by Gasteiger charge is -2.44. The third-order valence-electron chi connectivity index (χ3n) is 3.92. The second kappa shape index (κ2) is 5.15. The van der Waals surface area contributed by atoms with Crippen molar-refractivity contribution in [2.45, 2.75) is 19.8 Å². The van der Waals surface area contributed by atoms with Gasteiger partial charge in [-0.15, -0.1) is 0 Å². The van der Waals surface area contributed by atoms with Gasteiger partial charge in [-0.05, 0) is 30.9 Å². The van der Waals surface area contributed by atoms with Crippen LogP contribution in [0.15, 0.2) is 12.1 Å². The third-order valence-corrected chi connectivity index (χ3v) is 5.16. The lowest BCUT2D eigenvalue weighted by Crippen LogP contribution is -2.53. The number of rotatable bonds is 3. The lowest BCUT2D eigenvalue weighted by molar-refractivity contribution is -0.127. The smallest absolute Gasteiger partial charge is 0.237 e. The van der Waals surface area contributed by atoms with Gasteiger partial charge in [-0.3, -0.25) is 4.79 Å². The molecule has 3 N–H and O–H groups in total. The number of thiocarbonyl (C=S) groups is 1. The minimum atomic E-state index is -0.774. The van der Waals surface area contributed by atoms with Crippen LogP contribution < -0.4 is 11.1 Å². The number of carbonyl (C=O) groups excluding carboxylic acids is 1. The molecule has 0 unspecified atom stereocenters. The summed E-state index contributed by atoms with van der Waals surface area (Å²) in [6.45, 7) is 2.07. The van der Waals surface area contributed by atoms with Crippen LogP contribution in [-0.2, 0) is 4.79 Å². The number of nitrogens with two attached hydrogens (primary N) is 1. The normalized spacial score (nSPS) is 24.6. The van der Waals surface area contributed by atoms with E-state index in [0.29, 0.717) is 40.5 Å². The molecule has 0 bridgehead atoms. The van der Waals surface area contributed by atoms with E-state index in [0.717, 1.165) is 11.7 Å². The number of benzene rings is 1. The highest BCUT2D eigenvalue weighted by Crippen LogP contribution is 2.47. The number of carbonyl (C=O) groups is 1. The fourth-order valence-electron chi connectivity index (χ4n) is 2.81. The van der Waals surface area contributed by atoms with Crippen LogP contribution in [0.4, 0.5) is 5.69 Å². The summed E-state index contributed by atoms with van der Waals surface area (Å²) < 4.78 is 8.33. The van der Waals surface area contributed by atoms with Gasteiger partial charge in [0.25, 0.3) is 0 Å². The Labute approximate surface area is 136 Å². The topological polar surface area (TPSA) is 80.9 Å². The molecule has 3 rings (SSSR count). The Morgan fingerprint density at radius 2 is 2.24 bits per heavy atom. The van der Waals surface area contributed by atoms with Crippen molar-refractivity contribution in [1.82, 2.24) is 8.75 Å². The highest BCUT2D eigenvalue weighted by molar-refractivity contribution is 7.80. The number of anilines is 1. The second-order valence-electron chi connectivity index (χ2n) is 5.47. The Kier molecular flexibility index (Phi) is 3.59. The van der Waals surface area contributed by atoms with Gasteiger partial charge in [0, 0.05) is 0 Å². The summed E-state index contributed by atoms with van der Waals surface area (Å²) in [6.07, 6.45) is 1.33. The summed E-state index contributed by atoms with van der Waals surface area (Å²) in [7, 11) is 0. The van der Waals surface area contributed by atoms with Gasteiger partial charge in [0.15, 0.2) is 0 Å². The van der Waals surface area contributed by atoms with Crippen molar-refractivity contribution in [2.24, 2.45) is 17.1 Å². The van der Waals surface area contributed by atoms with E-state index in [1.54, 1.807) is 12.1 Å². The van der Waals surface area contributed by atoms with E-state index in [1.807, 2.05) is 0 Å². The molecule has 5 nitrogen and oxygen atoms in total. The summed E-state index contributed by atoms with van der Waals surface area (Å²) in [5.41, 5.74) is 6.78. The zero-order chi connectivity index (χ0) is 15.2. The van der Waals surface area contributed by atoms with Crippen LogP contribution in [0.3, 0.4) is 0 Å². The highest BCUT2D eigenvalue weighted by atomic mass is 35.5. The fraction of sp³-hybridized carbons (Fsp3) is 0.385. The molecule has 1 heterocycles. The first-order valence-electron chi connectivity index (χ1n) is 6.46. The maximum absolute atomic E-state index is 12.6. The van der Waals surface area contributed by atoms with Crippen molar-refractivity contribution in [3.05, 3.63) is 17.2 Å². The van der Waals surface area contributed by atoms with E-state index in [1.165, 1.54) is 0 Å². The molecule has 0 spiro atoms. The number of hydrogen-bond donors (Lipinski definition) is 2. The number of nitrogens with one attached hydrogen (secondary N) is 1. The van der Waals surface area contributed by atoms with Crippen LogP contribution in [0, 0.1) is 11.3 Å². The average molecular weight is 341 g/mol. The van der Waals surface area contributed by atoms with Gasteiger partial charge in [0.05, 0.1) is 32.8 Å². The van der Waals surface area contributed by atoms with Gasteiger partial charge in [-0.1, -0.05) is 30.7 Å². The van der Waals surface area contributed by atoms with Crippen LogP contribution >= 0.6 is 35.5 Å². The number of fused-ring (bicyclic) bond motifs is 1. The summed E-state index contributed by atoms with van der Waals surface area (Å²) >= 11 is 12.4. The summed E-state index contributed by atoms with van der Waals surface area (Å²) in [4.78, 5) is 12.9. The maximum Gasteiger partial charge on any atom is 0.237 e. The van der Waals surface area contributed by atoms with Crippen molar-refractivity contribution >= 4 is 63.2 Å². The monoisotopic (exact) mass is 340 g/mol. The standard InChI is InChI=1S/C13H13ClN4OS2/c1-6-4-13(5-6,11(15)20)12(19)16-9-7(14)2-3-8-10(9)18-21-17-8/h2-3,6H,4-5H2,1H3,(H2,15,20)(H,16,19). The van der Waals surface area contributed by atoms with E-state index in [9.17, 15) is 4.79 Å². The van der Waals surface area contributed by atoms with Gasteiger partial charge in [-0.2, -0.15) is 8.75 Å². The molecule has 1 aromatic carbocycles. The Balaban J connectivity index is 1.95. The largest absolute Gasteiger partial charge is 0.392 e. The second-order valence-corrected chi connectivity index (χ2v) is 6.84. The number of amides is 1. The quantitative estimate of drug-likeness (QED) is 0.839.